The van der Waals surface area contributed by atoms with Crippen LogP contribution in [0.1, 0.15) is 25.0 Å². The van der Waals surface area contributed by atoms with Crippen molar-refractivity contribution in [1.29, 1.82) is 0 Å². The number of nitrogens with zero attached hydrogens (tertiary/aromatic N) is 1. The summed E-state index contributed by atoms with van der Waals surface area (Å²) in [6.07, 6.45) is 0.818. The van der Waals surface area contributed by atoms with Crippen molar-refractivity contribution in [3.05, 3.63) is 58.6 Å². The lowest BCUT2D eigenvalue weighted by Crippen LogP contribution is -2.22. The van der Waals surface area contributed by atoms with E-state index in [4.69, 9.17) is 17.3 Å². The van der Waals surface area contributed by atoms with E-state index in [0.717, 1.165) is 29.4 Å². The molecule has 0 aliphatic rings. The molecule has 1 unspecified atom stereocenters. The number of aryl methyl sites for hydroxylation is 1. The summed E-state index contributed by atoms with van der Waals surface area (Å²) in [7, 11) is 0. The lowest BCUT2D eigenvalue weighted by Gasteiger charge is -2.28. The summed E-state index contributed by atoms with van der Waals surface area (Å²) in [6, 6.07) is 14.6. The van der Waals surface area contributed by atoms with Crippen molar-refractivity contribution in [3.8, 4) is 0 Å². The molecule has 2 N–H and O–H groups in total. The fraction of sp³-hybridized carbons (Fsp3) is 0.333. The fourth-order valence-corrected chi connectivity index (χ4v) is 2.94. The quantitative estimate of drug-likeness (QED) is 0.867. The molecule has 0 aliphatic carbocycles. The standard InChI is InChI=1S/C18H23ClN2/c1-4-21(16-9-5-7-13(2)11-16)18-15(12-14(3)20)8-6-10-17(18)19/h5-11,14H,4,12,20H2,1-3H3. The van der Waals surface area contributed by atoms with Gasteiger partial charge in [0.05, 0.1) is 10.7 Å². The van der Waals surface area contributed by atoms with E-state index in [1.807, 2.05) is 19.1 Å². The van der Waals surface area contributed by atoms with Gasteiger partial charge in [-0.2, -0.15) is 0 Å². The minimum Gasteiger partial charge on any atom is -0.340 e. The molecular formula is C18H23ClN2. The van der Waals surface area contributed by atoms with E-state index in [1.165, 1.54) is 11.1 Å². The summed E-state index contributed by atoms with van der Waals surface area (Å²) in [5.41, 5.74) is 10.7. The summed E-state index contributed by atoms with van der Waals surface area (Å²) in [4.78, 5) is 2.26. The highest BCUT2D eigenvalue weighted by Gasteiger charge is 2.16. The molecule has 2 nitrogen and oxygen atoms in total. The van der Waals surface area contributed by atoms with Crippen LogP contribution in [-0.2, 0) is 6.42 Å². The Morgan fingerprint density at radius 3 is 2.52 bits per heavy atom. The molecule has 0 aromatic heterocycles. The molecule has 3 heteroatoms. The highest BCUT2D eigenvalue weighted by molar-refractivity contribution is 6.33. The molecule has 0 fully saturated rings. The van der Waals surface area contributed by atoms with Gasteiger partial charge in [-0.25, -0.2) is 0 Å². The SMILES string of the molecule is CCN(c1cccc(C)c1)c1c(Cl)cccc1CC(C)N. The van der Waals surface area contributed by atoms with E-state index >= 15 is 0 Å². The molecule has 0 bridgehead atoms. The predicted molar refractivity (Wildman–Crippen MR) is 92.7 cm³/mol. The van der Waals surface area contributed by atoms with Crippen LogP contribution in [0.2, 0.25) is 5.02 Å². The second kappa shape index (κ2) is 6.97. The van der Waals surface area contributed by atoms with Gasteiger partial charge in [-0.1, -0.05) is 35.9 Å². The summed E-state index contributed by atoms with van der Waals surface area (Å²) < 4.78 is 0. The number of para-hydroxylation sites is 1. The predicted octanol–water partition coefficient (Wildman–Crippen LogP) is 4.70. The first kappa shape index (κ1) is 15.9. The maximum absolute atomic E-state index is 6.49. The maximum Gasteiger partial charge on any atom is 0.0645 e. The molecule has 0 saturated carbocycles. The van der Waals surface area contributed by atoms with Gasteiger partial charge in [-0.15, -0.1) is 0 Å². The first-order valence-corrected chi connectivity index (χ1v) is 7.78. The molecule has 112 valence electrons. The second-order valence-corrected chi connectivity index (χ2v) is 5.92. The summed E-state index contributed by atoms with van der Waals surface area (Å²) in [5.74, 6) is 0. The zero-order chi connectivity index (χ0) is 15.4. The summed E-state index contributed by atoms with van der Waals surface area (Å²) >= 11 is 6.49. The Kier molecular flexibility index (Phi) is 5.27. The van der Waals surface area contributed by atoms with Crippen LogP contribution in [0.5, 0.6) is 0 Å². The lowest BCUT2D eigenvalue weighted by atomic mass is 10.0. The molecular weight excluding hydrogens is 280 g/mol. The molecule has 21 heavy (non-hydrogen) atoms. The van der Waals surface area contributed by atoms with E-state index in [9.17, 15) is 0 Å². The van der Waals surface area contributed by atoms with Crippen molar-refractivity contribution in [1.82, 2.24) is 0 Å². The third-order valence-electron chi connectivity index (χ3n) is 3.51. The van der Waals surface area contributed by atoms with Gasteiger partial charge in [-0.3, -0.25) is 0 Å². The van der Waals surface area contributed by atoms with E-state index in [-0.39, 0.29) is 6.04 Å². The number of halogens is 1. The van der Waals surface area contributed by atoms with Crippen molar-refractivity contribution in [2.45, 2.75) is 33.2 Å². The van der Waals surface area contributed by atoms with Gasteiger partial charge in [-0.05, 0) is 56.5 Å². The average Bonchev–Trinajstić information content (AvgIpc) is 2.42. The Morgan fingerprint density at radius 1 is 1.19 bits per heavy atom. The third kappa shape index (κ3) is 3.78. The second-order valence-electron chi connectivity index (χ2n) is 5.51. The summed E-state index contributed by atoms with van der Waals surface area (Å²) in [5, 5.41) is 0.775. The molecule has 2 aromatic rings. The molecule has 1 atom stereocenters. The molecule has 0 saturated heterocycles. The lowest BCUT2D eigenvalue weighted by molar-refractivity contribution is 0.736. The van der Waals surface area contributed by atoms with Gasteiger partial charge in [0.15, 0.2) is 0 Å². The Labute approximate surface area is 132 Å². The minimum atomic E-state index is 0.110. The van der Waals surface area contributed by atoms with Crippen LogP contribution >= 0.6 is 11.6 Å². The third-order valence-corrected chi connectivity index (χ3v) is 3.82. The highest BCUT2D eigenvalue weighted by Crippen LogP contribution is 2.35. The van der Waals surface area contributed by atoms with E-state index in [1.54, 1.807) is 0 Å². The van der Waals surface area contributed by atoms with Crippen molar-refractivity contribution in [3.63, 3.8) is 0 Å². The van der Waals surface area contributed by atoms with Crippen molar-refractivity contribution >= 4 is 23.0 Å². The van der Waals surface area contributed by atoms with Gasteiger partial charge in [0, 0.05) is 18.3 Å². The van der Waals surface area contributed by atoms with Crippen LogP contribution in [0.25, 0.3) is 0 Å². The molecule has 2 aromatic carbocycles. The highest BCUT2D eigenvalue weighted by atomic mass is 35.5. The minimum absolute atomic E-state index is 0.110. The van der Waals surface area contributed by atoms with Gasteiger partial charge in [0.25, 0.3) is 0 Å². The Morgan fingerprint density at radius 2 is 1.90 bits per heavy atom. The van der Waals surface area contributed by atoms with Gasteiger partial charge < -0.3 is 10.6 Å². The fourth-order valence-electron chi connectivity index (χ4n) is 2.64. The Balaban J connectivity index is 2.51. The van der Waals surface area contributed by atoms with Crippen LogP contribution < -0.4 is 10.6 Å². The zero-order valence-corrected chi connectivity index (χ0v) is 13.7. The Hall–Kier alpha value is -1.51. The smallest absolute Gasteiger partial charge is 0.0645 e. The van der Waals surface area contributed by atoms with E-state index in [0.29, 0.717) is 0 Å². The first-order chi connectivity index (χ1) is 10.0. The molecule has 0 spiro atoms. The number of hydrogen-bond donors (Lipinski definition) is 1. The molecule has 0 heterocycles. The van der Waals surface area contributed by atoms with Crippen LogP contribution in [-0.4, -0.2) is 12.6 Å². The van der Waals surface area contributed by atoms with Crippen LogP contribution in [0, 0.1) is 6.92 Å². The molecule has 2 rings (SSSR count). The van der Waals surface area contributed by atoms with Crippen molar-refractivity contribution in [2.24, 2.45) is 5.73 Å². The van der Waals surface area contributed by atoms with Crippen molar-refractivity contribution in [2.75, 3.05) is 11.4 Å². The molecule has 0 aliphatic heterocycles. The van der Waals surface area contributed by atoms with E-state index in [2.05, 4.69) is 49.1 Å². The first-order valence-electron chi connectivity index (χ1n) is 7.40. The zero-order valence-electron chi connectivity index (χ0n) is 12.9. The largest absolute Gasteiger partial charge is 0.340 e. The monoisotopic (exact) mass is 302 g/mol. The summed E-state index contributed by atoms with van der Waals surface area (Å²) in [6.45, 7) is 7.13. The van der Waals surface area contributed by atoms with Gasteiger partial charge in [0.2, 0.25) is 0 Å². The number of nitrogens with two attached hydrogens (primary N) is 1. The number of anilines is 2. The number of hydrogen-bond acceptors (Lipinski definition) is 2. The topological polar surface area (TPSA) is 29.3 Å². The molecule has 0 radical (unpaired) electrons. The number of rotatable bonds is 5. The normalized spacial score (nSPS) is 12.2. The van der Waals surface area contributed by atoms with Crippen LogP contribution in [0.3, 0.4) is 0 Å². The van der Waals surface area contributed by atoms with Crippen molar-refractivity contribution < 1.29 is 0 Å². The van der Waals surface area contributed by atoms with E-state index < -0.39 is 0 Å². The maximum atomic E-state index is 6.49. The van der Waals surface area contributed by atoms with Crippen LogP contribution in [0.15, 0.2) is 42.5 Å². The molecule has 0 amide bonds. The Bertz CT molecular complexity index is 608. The average molecular weight is 303 g/mol. The number of benzene rings is 2. The van der Waals surface area contributed by atoms with Gasteiger partial charge >= 0.3 is 0 Å². The van der Waals surface area contributed by atoms with Crippen LogP contribution in [0.4, 0.5) is 11.4 Å². The van der Waals surface area contributed by atoms with Gasteiger partial charge in [0.1, 0.15) is 0 Å².